The predicted octanol–water partition coefficient (Wildman–Crippen LogP) is 7.12. The summed E-state index contributed by atoms with van der Waals surface area (Å²) in [5.41, 5.74) is 8.74. The van der Waals surface area contributed by atoms with Crippen LogP contribution in [-0.2, 0) is 40.3 Å². The number of epoxide rings is 1. The Hall–Kier alpha value is -5.10. The molecule has 11 nitrogen and oxygen atoms in total. The van der Waals surface area contributed by atoms with Gasteiger partial charge < -0.3 is 45.2 Å². The van der Waals surface area contributed by atoms with Crippen LogP contribution in [-0.4, -0.2) is 65.9 Å². The number of aliphatic hydroxyl groups excluding tert-OH is 1. The van der Waals surface area contributed by atoms with Crippen LogP contribution in [0.4, 0.5) is 9.59 Å². The molecule has 1 aliphatic rings. The Morgan fingerprint density at radius 1 is 0.673 bits per heavy atom. The Balaban J connectivity index is 0.000000245. The molecular formula is C44H57N3O8. The molecule has 11 heteroatoms. The average Bonchev–Trinajstić information content (AvgIpc) is 3.99. The van der Waals surface area contributed by atoms with Gasteiger partial charge in [-0.3, -0.25) is 0 Å². The van der Waals surface area contributed by atoms with Crippen molar-refractivity contribution in [3.8, 4) is 11.5 Å². The highest BCUT2D eigenvalue weighted by Gasteiger charge is 2.35. The van der Waals surface area contributed by atoms with Crippen molar-refractivity contribution in [2.24, 2.45) is 5.73 Å². The molecular weight excluding hydrogens is 698 g/mol. The first-order valence-electron chi connectivity index (χ1n) is 18.7. The molecule has 1 saturated heterocycles. The normalized spacial score (nSPS) is 15.2. The molecule has 0 bridgehead atoms. The standard InChI is InChI=1S/C22H30N2O4.C22H27NO4/c1-22(2,3)28-21(26)24-19(20(25)14-23)13-16-9-11-18(12-10-16)27-15-17-7-5-4-6-8-17;1-22(2,3)27-21(24)23-19(20-15-26-20)13-16-9-11-18(12-10-16)25-14-17-7-5-4-6-8-17/h4-12,19-20,25H,13-15,23H2,1-3H3,(H,24,26);4-12,19-20H,13-15H2,1-3H3,(H,23,24)/t19-,20+;/m0./s1. The van der Waals surface area contributed by atoms with Crippen LogP contribution in [0.2, 0.25) is 0 Å². The molecule has 0 spiro atoms. The van der Waals surface area contributed by atoms with E-state index in [9.17, 15) is 14.7 Å². The fourth-order valence-corrected chi connectivity index (χ4v) is 5.36. The molecule has 5 N–H and O–H groups in total. The molecule has 0 aliphatic carbocycles. The first-order chi connectivity index (χ1) is 26.2. The lowest BCUT2D eigenvalue weighted by molar-refractivity contribution is 0.0429. The highest BCUT2D eigenvalue weighted by atomic mass is 16.6. The third-order valence-electron chi connectivity index (χ3n) is 8.17. The quantitative estimate of drug-likeness (QED) is 0.0929. The molecule has 1 heterocycles. The molecule has 1 aliphatic heterocycles. The van der Waals surface area contributed by atoms with Crippen LogP contribution in [0.5, 0.6) is 11.5 Å². The van der Waals surface area contributed by atoms with E-state index in [0.29, 0.717) is 32.7 Å². The van der Waals surface area contributed by atoms with Gasteiger partial charge in [-0.1, -0.05) is 84.9 Å². The number of hydrogen-bond acceptors (Lipinski definition) is 9. The SMILES string of the molecule is CC(C)(C)OC(=O)NC(Cc1ccc(OCc2ccccc2)cc1)C1CO1.CC(C)(C)OC(=O)N[C@@H](Cc1ccc(OCc2ccccc2)cc1)[C@H](O)CN. The summed E-state index contributed by atoms with van der Waals surface area (Å²) in [5, 5.41) is 15.8. The zero-order valence-electron chi connectivity index (χ0n) is 32.8. The van der Waals surface area contributed by atoms with E-state index in [0.717, 1.165) is 33.8 Å². The summed E-state index contributed by atoms with van der Waals surface area (Å²) in [4.78, 5) is 24.1. The van der Waals surface area contributed by atoms with E-state index in [2.05, 4.69) is 10.6 Å². The largest absolute Gasteiger partial charge is 0.489 e. The number of carbonyl (C=O) groups excluding carboxylic acids is 2. The van der Waals surface area contributed by atoms with Crippen LogP contribution in [0, 0.1) is 0 Å². The Bertz CT molecular complexity index is 1720. The number of rotatable bonds is 15. The third kappa shape index (κ3) is 16.8. The van der Waals surface area contributed by atoms with Crippen LogP contribution in [0.25, 0.3) is 0 Å². The van der Waals surface area contributed by atoms with Crippen molar-refractivity contribution in [3.63, 3.8) is 0 Å². The van der Waals surface area contributed by atoms with Gasteiger partial charge in [0.25, 0.3) is 0 Å². The molecule has 296 valence electrons. The van der Waals surface area contributed by atoms with E-state index in [1.807, 2.05) is 130 Å². The second-order valence-electron chi connectivity index (χ2n) is 15.4. The molecule has 4 atom stereocenters. The highest BCUT2D eigenvalue weighted by Crippen LogP contribution is 2.22. The van der Waals surface area contributed by atoms with Gasteiger partial charge in [0.1, 0.15) is 42.0 Å². The van der Waals surface area contributed by atoms with Crippen molar-refractivity contribution >= 4 is 12.2 Å². The molecule has 2 amide bonds. The summed E-state index contributed by atoms with van der Waals surface area (Å²) in [6, 6.07) is 34.9. The number of aliphatic hydroxyl groups is 1. The van der Waals surface area contributed by atoms with Gasteiger partial charge in [0.15, 0.2) is 0 Å². The Morgan fingerprint density at radius 3 is 1.49 bits per heavy atom. The van der Waals surface area contributed by atoms with Gasteiger partial charge in [-0.2, -0.15) is 0 Å². The fraction of sp³-hybridized carbons (Fsp3) is 0.409. The molecule has 0 saturated carbocycles. The highest BCUT2D eigenvalue weighted by molar-refractivity contribution is 5.68. The van der Waals surface area contributed by atoms with E-state index < -0.39 is 35.5 Å². The molecule has 0 radical (unpaired) electrons. The maximum Gasteiger partial charge on any atom is 0.407 e. The maximum atomic E-state index is 12.1. The van der Waals surface area contributed by atoms with Gasteiger partial charge in [0.05, 0.1) is 24.8 Å². The van der Waals surface area contributed by atoms with E-state index in [1.165, 1.54) is 0 Å². The zero-order chi connectivity index (χ0) is 39.8. The van der Waals surface area contributed by atoms with Crippen LogP contribution in [0.15, 0.2) is 109 Å². The lowest BCUT2D eigenvalue weighted by atomic mass is 10.0. The molecule has 4 aromatic rings. The summed E-state index contributed by atoms with van der Waals surface area (Å²) < 4.78 is 27.6. The summed E-state index contributed by atoms with van der Waals surface area (Å²) in [6.07, 6.45) is -0.703. The van der Waals surface area contributed by atoms with Gasteiger partial charge in [0, 0.05) is 6.54 Å². The van der Waals surface area contributed by atoms with Crippen LogP contribution >= 0.6 is 0 Å². The summed E-state index contributed by atoms with van der Waals surface area (Å²) in [6.45, 7) is 12.7. The minimum absolute atomic E-state index is 0.0404. The van der Waals surface area contributed by atoms with Crippen molar-refractivity contribution in [1.29, 1.82) is 0 Å². The predicted molar refractivity (Wildman–Crippen MR) is 213 cm³/mol. The first-order valence-corrected chi connectivity index (χ1v) is 18.7. The molecule has 2 unspecified atom stereocenters. The minimum Gasteiger partial charge on any atom is -0.489 e. The molecule has 1 fully saturated rings. The summed E-state index contributed by atoms with van der Waals surface area (Å²) >= 11 is 0. The Morgan fingerprint density at radius 2 is 1.09 bits per heavy atom. The molecule has 5 rings (SSSR count). The van der Waals surface area contributed by atoms with E-state index in [-0.39, 0.29) is 18.7 Å². The maximum absolute atomic E-state index is 12.1. The number of hydrogen-bond donors (Lipinski definition) is 4. The molecule has 55 heavy (non-hydrogen) atoms. The third-order valence-corrected chi connectivity index (χ3v) is 8.17. The van der Waals surface area contributed by atoms with Gasteiger partial charge in [-0.25, -0.2) is 9.59 Å². The monoisotopic (exact) mass is 755 g/mol. The van der Waals surface area contributed by atoms with Crippen LogP contribution in [0.3, 0.4) is 0 Å². The van der Waals surface area contributed by atoms with Gasteiger partial charge >= 0.3 is 12.2 Å². The lowest BCUT2D eigenvalue weighted by Crippen LogP contribution is -2.49. The second kappa shape index (κ2) is 20.5. The molecule has 0 aromatic heterocycles. The van der Waals surface area contributed by atoms with Crippen molar-refractivity contribution < 1.29 is 38.4 Å². The van der Waals surface area contributed by atoms with E-state index in [1.54, 1.807) is 20.8 Å². The molecule has 4 aromatic carbocycles. The van der Waals surface area contributed by atoms with Crippen molar-refractivity contribution in [2.75, 3.05) is 13.2 Å². The summed E-state index contributed by atoms with van der Waals surface area (Å²) in [7, 11) is 0. The Kier molecular flexibility index (Phi) is 15.9. The fourth-order valence-electron chi connectivity index (χ4n) is 5.36. The van der Waals surface area contributed by atoms with Crippen molar-refractivity contribution in [3.05, 3.63) is 131 Å². The summed E-state index contributed by atoms with van der Waals surface area (Å²) in [5.74, 6) is 1.57. The number of carbonyl (C=O) groups is 2. The lowest BCUT2D eigenvalue weighted by Gasteiger charge is -2.26. The zero-order valence-corrected chi connectivity index (χ0v) is 32.8. The topological polar surface area (TPSA) is 154 Å². The number of amides is 2. The first kappa shape index (κ1) is 42.6. The van der Waals surface area contributed by atoms with Crippen LogP contribution < -0.4 is 25.8 Å². The number of ether oxygens (including phenoxy) is 5. The smallest absolute Gasteiger partial charge is 0.407 e. The Labute approximate surface area is 325 Å². The number of nitrogens with one attached hydrogen (secondary N) is 2. The number of alkyl carbamates (subject to hydrolysis) is 2. The second-order valence-corrected chi connectivity index (χ2v) is 15.4. The minimum atomic E-state index is -0.874. The number of nitrogens with two attached hydrogens (primary N) is 1. The van der Waals surface area contributed by atoms with Crippen molar-refractivity contribution in [1.82, 2.24) is 10.6 Å². The van der Waals surface area contributed by atoms with E-state index >= 15 is 0 Å². The van der Waals surface area contributed by atoms with E-state index in [4.69, 9.17) is 29.4 Å². The van der Waals surface area contributed by atoms with Gasteiger partial charge in [-0.05, 0) is 101 Å². The van der Waals surface area contributed by atoms with Crippen molar-refractivity contribution in [2.45, 2.75) is 103 Å². The number of benzene rings is 4. The van der Waals surface area contributed by atoms with Gasteiger partial charge in [0.2, 0.25) is 0 Å². The van der Waals surface area contributed by atoms with Crippen LogP contribution in [0.1, 0.15) is 63.8 Å². The average molecular weight is 756 g/mol. The van der Waals surface area contributed by atoms with Gasteiger partial charge in [-0.15, -0.1) is 0 Å².